The maximum Gasteiger partial charge on any atom is 0 e. The van der Waals surface area contributed by atoms with Gasteiger partial charge in [0.2, 0.25) is 0 Å². The first-order chi connectivity index (χ1) is 19.4. The van der Waals surface area contributed by atoms with Gasteiger partial charge in [0.1, 0.15) is 6.10 Å². The Kier molecular flexibility index (Phi) is 53.7. The van der Waals surface area contributed by atoms with E-state index in [1.165, 1.54) is 10.4 Å². The maximum absolute atomic E-state index is 10.00. The van der Waals surface area contributed by atoms with E-state index in [2.05, 4.69) is 121 Å². The van der Waals surface area contributed by atoms with Gasteiger partial charge in [-0.3, -0.25) is 0 Å². The van der Waals surface area contributed by atoms with E-state index in [4.69, 9.17) is 37.4 Å². The molecule has 228 valence electrons. The molecule has 42 heavy (non-hydrogen) atoms. The molecule has 0 aromatic heterocycles. The van der Waals surface area contributed by atoms with E-state index < -0.39 is 14.4 Å². The van der Waals surface area contributed by atoms with Gasteiger partial charge in [0.25, 0.3) is 8.32 Å². The van der Waals surface area contributed by atoms with E-state index in [1.54, 1.807) is 0 Å². The second-order valence-corrected chi connectivity index (χ2v) is 12.3. The van der Waals surface area contributed by atoms with Crippen LogP contribution >= 0.6 is 0 Å². The Morgan fingerprint density at radius 3 is 1.38 bits per heavy atom. The van der Waals surface area contributed by atoms with Crippen LogP contribution in [0.2, 0.25) is 5.04 Å². The first-order valence-corrected chi connectivity index (χ1v) is 13.1. The monoisotopic (exact) mass is 682 g/mol. The van der Waals surface area contributed by atoms with Crippen molar-refractivity contribution in [2.24, 2.45) is 0 Å². The summed E-state index contributed by atoms with van der Waals surface area (Å²) in [5, 5.41) is 21.2. The number of benzene rings is 2. The molecule has 2 aromatic rings. The molecular weight excluding hydrogens is 650 g/mol. The molecule has 12 heteroatoms. The Morgan fingerprint density at radius 2 is 1.07 bits per heavy atom. The van der Waals surface area contributed by atoms with Crippen LogP contribution in [0, 0.1) is 51.7 Å². The molecule has 9 nitrogen and oxygen atoms in total. The maximum atomic E-state index is 10.00. The minimum absolute atomic E-state index is 0. The van der Waals surface area contributed by atoms with Crippen molar-refractivity contribution < 1.29 is 76.1 Å². The van der Waals surface area contributed by atoms with Gasteiger partial charge in [0.15, 0.2) is 0 Å². The van der Waals surface area contributed by atoms with Crippen LogP contribution < -0.4 is 10.4 Å². The first kappa shape index (κ1) is 55.5. The van der Waals surface area contributed by atoms with Gasteiger partial charge in [-0.25, -0.2) is 0 Å². The second kappa shape index (κ2) is 40.7. The first-order valence-electron chi connectivity index (χ1n) is 11.2. The minimum atomic E-state index is -2.57. The predicted molar refractivity (Wildman–Crippen MR) is 142 cm³/mol. The van der Waals surface area contributed by atoms with E-state index in [9.17, 15) is 5.11 Å². The molecule has 2 radical (unpaired) electrons. The molecular formula is C30H32Co2O9Si. The molecule has 2 aromatic carbocycles. The van der Waals surface area contributed by atoms with E-state index in [0.29, 0.717) is 12.8 Å². The van der Waals surface area contributed by atoms with Gasteiger partial charge in [-0.15, -0.1) is 0 Å². The van der Waals surface area contributed by atoms with Crippen molar-refractivity contribution in [1.29, 1.82) is 0 Å². The number of rotatable bonds is 8. The van der Waals surface area contributed by atoms with Gasteiger partial charge in [-0.2, -0.15) is 0 Å². The standard InChI is InChI=1S/C24H32O3Si.6CO.2Co/c1-24(2,3)28(22-15-6-4-7-16-22,23-17-8-5-9-18-23)27-20-12-14-21(26)13-10-11-19-25;6*1-2;;/h4-9,15-18,21,25-26H,10-11,13,19-20H2,1-3H3;;;;;;;;. The Labute approximate surface area is 270 Å². The summed E-state index contributed by atoms with van der Waals surface area (Å²) in [5.74, 6) is 5.92. The van der Waals surface area contributed by atoms with Gasteiger partial charge in [0, 0.05) is 40.2 Å². The van der Waals surface area contributed by atoms with E-state index >= 15 is 0 Å². The average molecular weight is 683 g/mol. The fourth-order valence-electron chi connectivity index (χ4n) is 3.59. The van der Waals surface area contributed by atoms with E-state index in [0.717, 1.165) is 6.42 Å². The molecule has 0 aliphatic carbocycles. The summed E-state index contributed by atoms with van der Waals surface area (Å²) < 4.78 is 51.7. The zero-order valence-corrected chi connectivity index (χ0v) is 26.4. The third-order valence-corrected chi connectivity index (χ3v) is 9.91. The van der Waals surface area contributed by atoms with Gasteiger partial charge >= 0.3 is 67.8 Å². The van der Waals surface area contributed by atoms with Crippen LogP contribution in [0.1, 0.15) is 40.0 Å². The van der Waals surface area contributed by atoms with Crippen molar-refractivity contribution in [3.63, 3.8) is 0 Å². The van der Waals surface area contributed by atoms with Gasteiger partial charge in [-0.05, 0) is 34.7 Å². The molecule has 0 aliphatic rings. The summed E-state index contributed by atoms with van der Waals surface area (Å²) in [6.45, 7) is 34.1. The molecule has 0 bridgehead atoms. The number of aliphatic hydroxyl groups excluding tert-OH is 2. The zero-order chi connectivity index (χ0) is 32.5. The van der Waals surface area contributed by atoms with Gasteiger partial charge in [-0.1, -0.05) is 93.3 Å². The van der Waals surface area contributed by atoms with Gasteiger partial charge in [0.05, 0.1) is 6.61 Å². The Balaban J connectivity index is -0.000000155. The van der Waals surface area contributed by atoms with Crippen molar-refractivity contribution >= 4 is 18.7 Å². The summed E-state index contributed by atoms with van der Waals surface area (Å²) in [7, 11) is -2.57. The van der Waals surface area contributed by atoms with Crippen molar-refractivity contribution in [3.05, 3.63) is 101 Å². The van der Waals surface area contributed by atoms with Crippen LogP contribution in [0.5, 0.6) is 0 Å². The third kappa shape index (κ3) is 22.2. The Bertz CT molecular complexity index is 949. The fourth-order valence-corrected chi connectivity index (χ4v) is 8.03. The second-order valence-electron chi connectivity index (χ2n) is 8.01. The topological polar surface area (TPSA) is 169 Å². The zero-order valence-electron chi connectivity index (χ0n) is 23.3. The molecule has 0 aliphatic heterocycles. The summed E-state index contributed by atoms with van der Waals surface area (Å²) in [6, 6.07) is 20.9. The van der Waals surface area contributed by atoms with E-state index in [1.807, 2.05) is 12.1 Å². The third-order valence-electron chi connectivity index (χ3n) is 4.93. The summed E-state index contributed by atoms with van der Waals surface area (Å²) in [6.07, 6.45) is 1.36. The summed E-state index contributed by atoms with van der Waals surface area (Å²) in [4.78, 5) is 0. The quantitative estimate of drug-likeness (QED) is 0.144. The summed E-state index contributed by atoms with van der Waals surface area (Å²) >= 11 is 0. The van der Waals surface area contributed by atoms with Crippen molar-refractivity contribution in [2.45, 2.75) is 51.2 Å². The SMILES string of the molecule is CC(C)(C)[Si](OCC#CC(O)CCCCO)(c1ccccc1)c1ccccc1.[C-]#[O+].[C-]#[O+].[C-]#[O+].[C-]#[O+].[C-]#[O+].[C-]#[O+].[Co].[Co]. The molecule has 1 unspecified atom stereocenters. The molecule has 1 atom stereocenters. The molecule has 0 amide bonds. The molecule has 2 rings (SSSR count). The number of aliphatic hydroxyl groups is 2. The van der Waals surface area contributed by atoms with Crippen LogP contribution in [-0.4, -0.2) is 37.8 Å². The van der Waals surface area contributed by atoms with Gasteiger partial charge < -0.3 is 14.6 Å². The average Bonchev–Trinajstić information content (AvgIpc) is 3.03. The predicted octanol–water partition coefficient (Wildman–Crippen LogP) is 2.86. The van der Waals surface area contributed by atoms with Crippen LogP contribution in [-0.2, 0) is 65.9 Å². The molecule has 2 N–H and O–H groups in total. The molecule has 0 heterocycles. The molecule has 0 saturated carbocycles. The van der Waals surface area contributed by atoms with Crippen LogP contribution in [0.25, 0.3) is 0 Å². The number of unbranched alkanes of at least 4 members (excludes halogenated alkanes) is 1. The van der Waals surface area contributed by atoms with Crippen LogP contribution in [0.3, 0.4) is 0 Å². The summed E-state index contributed by atoms with van der Waals surface area (Å²) in [5.41, 5.74) is 0. The Morgan fingerprint density at radius 1 is 0.714 bits per heavy atom. The number of hydrogen-bond acceptors (Lipinski definition) is 3. The minimum Gasteiger partial charge on any atom is 0 e. The van der Waals surface area contributed by atoms with Crippen molar-refractivity contribution in [3.8, 4) is 11.8 Å². The molecule has 0 saturated heterocycles. The van der Waals surface area contributed by atoms with Crippen molar-refractivity contribution in [2.75, 3.05) is 13.2 Å². The number of hydrogen-bond donors (Lipinski definition) is 2. The van der Waals surface area contributed by atoms with Crippen LogP contribution in [0.4, 0.5) is 0 Å². The normalized spacial score (nSPS) is 8.88. The smallest absolute Gasteiger partial charge is 0 e. The fraction of sp³-hybridized carbons (Fsp3) is 0.333. The molecule has 0 fully saturated rings. The van der Waals surface area contributed by atoms with Crippen LogP contribution in [0.15, 0.2) is 60.7 Å². The van der Waals surface area contributed by atoms with Crippen molar-refractivity contribution in [1.82, 2.24) is 0 Å². The Hall–Kier alpha value is -2.45. The molecule has 0 spiro atoms. The largest absolute Gasteiger partial charge is 0 e. The van der Waals surface area contributed by atoms with E-state index in [-0.39, 0.29) is 51.8 Å².